The Morgan fingerprint density at radius 3 is 2.47 bits per heavy atom. The molecule has 2 rings (SSSR count). The van der Waals surface area contributed by atoms with Crippen LogP contribution in [-0.2, 0) is 6.54 Å². The SMILES string of the molecule is CCCCN1CCN(Cc2ccccc2C#N)CC1. The molecule has 0 bridgehead atoms. The molecule has 102 valence electrons. The van der Waals surface area contributed by atoms with Crippen molar-refractivity contribution in [2.75, 3.05) is 32.7 Å². The summed E-state index contributed by atoms with van der Waals surface area (Å²) in [5.74, 6) is 0. The third-order valence-electron chi connectivity index (χ3n) is 3.82. The van der Waals surface area contributed by atoms with Crippen LogP contribution in [0.25, 0.3) is 0 Å². The zero-order valence-electron chi connectivity index (χ0n) is 11.8. The first-order valence-corrected chi connectivity index (χ1v) is 7.26. The van der Waals surface area contributed by atoms with Gasteiger partial charge in [0.2, 0.25) is 0 Å². The van der Waals surface area contributed by atoms with Gasteiger partial charge in [-0.2, -0.15) is 5.26 Å². The molecule has 0 N–H and O–H groups in total. The number of unbranched alkanes of at least 4 members (excludes halogenated alkanes) is 1. The Labute approximate surface area is 116 Å². The topological polar surface area (TPSA) is 30.3 Å². The van der Waals surface area contributed by atoms with E-state index in [2.05, 4.69) is 28.9 Å². The summed E-state index contributed by atoms with van der Waals surface area (Å²) >= 11 is 0. The van der Waals surface area contributed by atoms with Crippen LogP contribution in [0.2, 0.25) is 0 Å². The molecule has 1 aromatic rings. The fourth-order valence-corrected chi connectivity index (χ4v) is 2.56. The molecule has 0 atom stereocenters. The third kappa shape index (κ3) is 4.05. The molecule has 0 amide bonds. The van der Waals surface area contributed by atoms with Crippen LogP contribution in [0.15, 0.2) is 24.3 Å². The summed E-state index contributed by atoms with van der Waals surface area (Å²) in [6, 6.07) is 10.2. The van der Waals surface area contributed by atoms with Crippen LogP contribution < -0.4 is 0 Å². The third-order valence-corrected chi connectivity index (χ3v) is 3.82. The number of benzene rings is 1. The number of hydrogen-bond acceptors (Lipinski definition) is 3. The van der Waals surface area contributed by atoms with Gasteiger partial charge in [-0.05, 0) is 24.6 Å². The Morgan fingerprint density at radius 2 is 1.79 bits per heavy atom. The molecule has 1 aromatic carbocycles. The molecule has 1 aliphatic heterocycles. The van der Waals surface area contributed by atoms with Gasteiger partial charge in [-0.1, -0.05) is 31.5 Å². The zero-order chi connectivity index (χ0) is 13.5. The van der Waals surface area contributed by atoms with Gasteiger partial charge in [-0.25, -0.2) is 0 Å². The molecule has 19 heavy (non-hydrogen) atoms. The van der Waals surface area contributed by atoms with E-state index in [-0.39, 0.29) is 0 Å². The van der Waals surface area contributed by atoms with E-state index >= 15 is 0 Å². The maximum Gasteiger partial charge on any atom is 0.0995 e. The Hall–Kier alpha value is -1.37. The van der Waals surface area contributed by atoms with Crippen molar-refractivity contribution < 1.29 is 0 Å². The van der Waals surface area contributed by atoms with Gasteiger partial charge in [0, 0.05) is 32.7 Å². The molecule has 0 aliphatic carbocycles. The van der Waals surface area contributed by atoms with E-state index in [0.29, 0.717) is 0 Å². The molecule has 0 spiro atoms. The average molecular weight is 257 g/mol. The molecule has 1 saturated heterocycles. The van der Waals surface area contributed by atoms with Crippen molar-refractivity contribution in [3.63, 3.8) is 0 Å². The minimum atomic E-state index is 0.816. The summed E-state index contributed by atoms with van der Waals surface area (Å²) in [4.78, 5) is 5.01. The summed E-state index contributed by atoms with van der Waals surface area (Å²) in [6.45, 7) is 8.94. The highest BCUT2D eigenvalue weighted by atomic mass is 15.3. The van der Waals surface area contributed by atoms with Crippen LogP contribution in [0.5, 0.6) is 0 Å². The molecule has 3 nitrogen and oxygen atoms in total. The van der Waals surface area contributed by atoms with Gasteiger partial charge in [0.05, 0.1) is 11.6 Å². The number of nitriles is 1. The van der Waals surface area contributed by atoms with Crippen LogP contribution >= 0.6 is 0 Å². The molecule has 3 heteroatoms. The van der Waals surface area contributed by atoms with Gasteiger partial charge < -0.3 is 4.90 Å². The average Bonchev–Trinajstić information content (AvgIpc) is 2.47. The number of piperazine rings is 1. The normalized spacial score (nSPS) is 17.3. The molecular formula is C16H23N3. The van der Waals surface area contributed by atoms with E-state index in [0.717, 1.165) is 43.9 Å². The molecule has 1 fully saturated rings. The second kappa shape index (κ2) is 7.28. The van der Waals surface area contributed by atoms with Crippen molar-refractivity contribution in [3.05, 3.63) is 35.4 Å². The Bertz CT molecular complexity index is 428. The van der Waals surface area contributed by atoms with Crippen LogP contribution in [0, 0.1) is 11.3 Å². The Balaban J connectivity index is 1.84. The monoisotopic (exact) mass is 257 g/mol. The quantitative estimate of drug-likeness (QED) is 0.812. The summed E-state index contributed by atoms with van der Waals surface area (Å²) in [5, 5.41) is 9.11. The summed E-state index contributed by atoms with van der Waals surface area (Å²) in [5.41, 5.74) is 1.97. The number of hydrogen-bond donors (Lipinski definition) is 0. The summed E-state index contributed by atoms with van der Waals surface area (Å²) in [6.07, 6.45) is 2.58. The van der Waals surface area contributed by atoms with E-state index in [9.17, 15) is 0 Å². The first-order chi connectivity index (χ1) is 9.33. The van der Waals surface area contributed by atoms with Crippen molar-refractivity contribution in [1.29, 1.82) is 5.26 Å². The van der Waals surface area contributed by atoms with E-state index < -0.39 is 0 Å². The smallest absolute Gasteiger partial charge is 0.0995 e. The maximum absolute atomic E-state index is 9.11. The van der Waals surface area contributed by atoms with E-state index in [1.54, 1.807) is 0 Å². The zero-order valence-corrected chi connectivity index (χ0v) is 11.8. The van der Waals surface area contributed by atoms with Gasteiger partial charge >= 0.3 is 0 Å². The predicted molar refractivity (Wildman–Crippen MR) is 77.8 cm³/mol. The number of nitrogens with zero attached hydrogens (tertiary/aromatic N) is 3. The Morgan fingerprint density at radius 1 is 1.11 bits per heavy atom. The highest BCUT2D eigenvalue weighted by molar-refractivity contribution is 5.37. The van der Waals surface area contributed by atoms with Gasteiger partial charge in [-0.3, -0.25) is 4.90 Å². The highest BCUT2D eigenvalue weighted by Crippen LogP contribution is 2.12. The maximum atomic E-state index is 9.11. The van der Waals surface area contributed by atoms with Crippen LogP contribution in [-0.4, -0.2) is 42.5 Å². The second-order valence-electron chi connectivity index (χ2n) is 5.24. The summed E-state index contributed by atoms with van der Waals surface area (Å²) in [7, 11) is 0. The molecule has 0 unspecified atom stereocenters. The molecule has 0 aromatic heterocycles. The van der Waals surface area contributed by atoms with Gasteiger partial charge in [0.25, 0.3) is 0 Å². The summed E-state index contributed by atoms with van der Waals surface area (Å²) < 4.78 is 0. The standard InChI is InChI=1S/C16H23N3/c1-2-3-8-18-9-11-19(12-10-18)14-16-7-5-4-6-15(16)13-17/h4-7H,2-3,8-12,14H2,1H3. The molecule has 0 saturated carbocycles. The van der Waals surface area contributed by atoms with Crippen molar-refractivity contribution in [3.8, 4) is 6.07 Å². The van der Waals surface area contributed by atoms with Crippen molar-refractivity contribution in [2.45, 2.75) is 26.3 Å². The minimum absolute atomic E-state index is 0.816. The number of rotatable bonds is 5. The first-order valence-electron chi connectivity index (χ1n) is 7.26. The largest absolute Gasteiger partial charge is 0.301 e. The second-order valence-corrected chi connectivity index (χ2v) is 5.24. The van der Waals surface area contributed by atoms with Crippen LogP contribution in [0.3, 0.4) is 0 Å². The lowest BCUT2D eigenvalue weighted by Crippen LogP contribution is -2.46. The van der Waals surface area contributed by atoms with Gasteiger partial charge in [0.15, 0.2) is 0 Å². The minimum Gasteiger partial charge on any atom is -0.301 e. The van der Waals surface area contributed by atoms with E-state index in [4.69, 9.17) is 5.26 Å². The fraction of sp³-hybridized carbons (Fsp3) is 0.562. The fourth-order valence-electron chi connectivity index (χ4n) is 2.56. The van der Waals surface area contributed by atoms with Crippen molar-refractivity contribution in [2.24, 2.45) is 0 Å². The lowest BCUT2D eigenvalue weighted by molar-refractivity contribution is 0.126. The molecule has 0 radical (unpaired) electrons. The molecule has 1 aliphatic rings. The lowest BCUT2D eigenvalue weighted by Gasteiger charge is -2.34. The molecular weight excluding hydrogens is 234 g/mol. The molecule has 1 heterocycles. The lowest BCUT2D eigenvalue weighted by atomic mass is 10.1. The van der Waals surface area contributed by atoms with Crippen molar-refractivity contribution >= 4 is 0 Å². The van der Waals surface area contributed by atoms with Crippen LogP contribution in [0.4, 0.5) is 0 Å². The van der Waals surface area contributed by atoms with E-state index in [1.807, 2.05) is 18.2 Å². The Kier molecular flexibility index (Phi) is 5.38. The van der Waals surface area contributed by atoms with E-state index in [1.165, 1.54) is 19.4 Å². The van der Waals surface area contributed by atoms with Gasteiger partial charge in [0.1, 0.15) is 0 Å². The van der Waals surface area contributed by atoms with Crippen LogP contribution in [0.1, 0.15) is 30.9 Å². The highest BCUT2D eigenvalue weighted by Gasteiger charge is 2.17. The van der Waals surface area contributed by atoms with Crippen molar-refractivity contribution in [1.82, 2.24) is 9.80 Å². The predicted octanol–water partition coefficient (Wildman–Crippen LogP) is 2.48. The van der Waals surface area contributed by atoms with Gasteiger partial charge in [-0.15, -0.1) is 0 Å². The first kappa shape index (κ1) is 14.0.